The first kappa shape index (κ1) is 18.8. The molecule has 2 heterocycles. The second kappa shape index (κ2) is 8.20. The highest BCUT2D eigenvalue weighted by Crippen LogP contribution is 2.35. The molecule has 0 saturated carbocycles. The number of nitrogens with zero attached hydrogens (tertiary/aromatic N) is 3. The van der Waals surface area contributed by atoms with Crippen molar-refractivity contribution in [2.45, 2.75) is 13.8 Å². The molecule has 0 unspecified atom stereocenters. The highest BCUT2D eigenvalue weighted by Gasteiger charge is 2.13. The van der Waals surface area contributed by atoms with Gasteiger partial charge in [0.1, 0.15) is 12.0 Å². The van der Waals surface area contributed by atoms with Crippen molar-refractivity contribution in [1.29, 1.82) is 0 Å². The molecule has 2 aromatic heterocycles. The van der Waals surface area contributed by atoms with Gasteiger partial charge in [0, 0.05) is 23.4 Å². The van der Waals surface area contributed by atoms with Crippen LogP contribution in [-0.4, -0.2) is 20.7 Å². The zero-order valence-electron chi connectivity index (χ0n) is 15.9. The Hall–Kier alpha value is -3.58. The predicted octanol–water partition coefficient (Wildman–Crippen LogP) is 5.13. The minimum absolute atomic E-state index is 0.229. The number of carbonyl (C=O) groups is 1. The molecule has 0 fully saturated rings. The molecule has 4 aromatic rings. The highest BCUT2D eigenvalue weighted by atomic mass is 32.1. The van der Waals surface area contributed by atoms with Gasteiger partial charge >= 0.3 is 0 Å². The monoisotopic (exact) mass is 402 g/mol. The highest BCUT2D eigenvalue weighted by molar-refractivity contribution is 7.06. The lowest BCUT2D eigenvalue weighted by molar-refractivity contribution is -0.111. The lowest BCUT2D eigenvalue weighted by Gasteiger charge is -2.13. The second-order valence-electron chi connectivity index (χ2n) is 6.51. The van der Waals surface area contributed by atoms with Crippen LogP contribution in [0.15, 0.2) is 65.4 Å². The molecule has 7 heteroatoms. The van der Waals surface area contributed by atoms with E-state index < -0.39 is 0 Å². The molecule has 29 heavy (non-hydrogen) atoms. The Morgan fingerprint density at radius 1 is 1.07 bits per heavy atom. The number of nitrogens with one attached hydrogen (secondary N) is 1. The van der Waals surface area contributed by atoms with Gasteiger partial charge in [-0.1, -0.05) is 40.0 Å². The second-order valence-corrected chi connectivity index (χ2v) is 7.29. The topological polar surface area (TPSA) is 80.9 Å². The van der Waals surface area contributed by atoms with Crippen LogP contribution in [0.25, 0.3) is 28.5 Å². The van der Waals surface area contributed by atoms with Crippen molar-refractivity contribution in [2.75, 3.05) is 5.32 Å². The van der Waals surface area contributed by atoms with E-state index in [-0.39, 0.29) is 5.91 Å². The smallest absolute Gasteiger partial charge is 0.248 e. The van der Waals surface area contributed by atoms with Gasteiger partial charge in [0.15, 0.2) is 0 Å². The Kier molecular flexibility index (Phi) is 5.31. The van der Waals surface area contributed by atoms with E-state index in [9.17, 15) is 4.79 Å². The lowest BCUT2D eigenvalue weighted by Crippen LogP contribution is -2.08. The Morgan fingerprint density at radius 2 is 1.93 bits per heavy atom. The van der Waals surface area contributed by atoms with Gasteiger partial charge in [0.25, 0.3) is 0 Å². The predicted molar refractivity (Wildman–Crippen MR) is 114 cm³/mol. The summed E-state index contributed by atoms with van der Waals surface area (Å²) in [5, 5.41) is 10.9. The molecule has 1 N–H and O–H groups in total. The molecule has 144 valence electrons. The maximum absolute atomic E-state index is 12.4. The number of anilines is 1. The first-order valence-corrected chi connectivity index (χ1v) is 9.78. The number of amides is 1. The Balaban J connectivity index is 1.65. The third-order valence-electron chi connectivity index (χ3n) is 4.51. The Morgan fingerprint density at radius 3 is 2.66 bits per heavy atom. The third kappa shape index (κ3) is 4.14. The Labute approximate surface area is 172 Å². The zero-order chi connectivity index (χ0) is 20.2. The van der Waals surface area contributed by atoms with Crippen molar-refractivity contribution in [2.24, 2.45) is 0 Å². The van der Waals surface area contributed by atoms with Crippen LogP contribution in [0, 0.1) is 13.8 Å². The summed E-state index contributed by atoms with van der Waals surface area (Å²) in [7, 11) is 0. The SMILES string of the molecule is Cc1ccccc1-c1ccc(NC(=O)C=Cc2snnc2C)cc1-c1ccon1. The maximum Gasteiger partial charge on any atom is 0.248 e. The number of aromatic nitrogens is 3. The zero-order valence-corrected chi connectivity index (χ0v) is 16.7. The van der Waals surface area contributed by atoms with Crippen LogP contribution in [0.5, 0.6) is 0 Å². The molecule has 6 nitrogen and oxygen atoms in total. The van der Waals surface area contributed by atoms with Gasteiger partial charge in [-0.2, -0.15) is 0 Å². The van der Waals surface area contributed by atoms with E-state index in [1.807, 2.05) is 43.3 Å². The number of carbonyl (C=O) groups excluding carboxylic acids is 1. The molecular weight excluding hydrogens is 384 g/mol. The van der Waals surface area contributed by atoms with Crippen molar-refractivity contribution < 1.29 is 9.32 Å². The van der Waals surface area contributed by atoms with Crippen molar-refractivity contribution in [3.05, 3.63) is 77.0 Å². The maximum atomic E-state index is 12.4. The van der Waals surface area contributed by atoms with E-state index >= 15 is 0 Å². The first-order valence-electron chi connectivity index (χ1n) is 9.00. The van der Waals surface area contributed by atoms with Crippen molar-refractivity contribution in [1.82, 2.24) is 14.7 Å². The van der Waals surface area contributed by atoms with Gasteiger partial charge in [-0.05, 0) is 60.3 Å². The van der Waals surface area contributed by atoms with E-state index in [0.29, 0.717) is 11.4 Å². The molecule has 0 bridgehead atoms. The van der Waals surface area contributed by atoms with Gasteiger partial charge in [0.2, 0.25) is 5.91 Å². The van der Waals surface area contributed by atoms with Crippen molar-refractivity contribution in [3.8, 4) is 22.4 Å². The van der Waals surface area contributed by atoms with Crippen LogP contribution in [0.3, 0.4) is 0 Å². The van der Waals surface area contributed by atoms with E-state index in [0.717, 1.165) is 32.8 Å². The first-order chi connectivity index (χ1) is 14.1. The molecule has 1 amide bonds. The fraction of sp³-hybridized carbons (Fsp3) is 0.0909. The summed E-state index contributed by atoms with van der Waals surface area (Å²) in [5.74, 6) is -0.229. The molecule has 2 aromatic carbocycles. The molecule has 4 rings (SSSR count). The molecular formula is C22H18N4O2S. The summed E-state index contributed by atoms with van der Waals surface area (Å²) < 4.78 is 8.91. The summed E-state index contributed by atoms with van der Waals surface area (Å²) in [6.07, 6.45) is 4.74. The molecule has 0 atom stereocenters. The van der Waals surface area contributed by atoms with Crippen LogP contribution in [0.4, 0.5) is 5.69 Å². The van der Waals surface area contributed by atoms with E-state index in [2.05, 4.69) is 39.1 Å². The van der Waals surface area contributed by atoms with Crippen LogP contribution in [-0.2, 0) is 4.79 Å². The van der Waals surface area contributed by atoms with E-state index in [4.69, 9.17) is 4.52 Å². The minimum Gasteiger partial charge on any atom is -0.364 e. The van der Waals surface area contributed by atoms with Crippen molar-refractivity contribution >= 4 is 29.2 Å². The van der Waals surface area contributed by atoms with Gasteiger partial charge in [0.05, 0.1) is 10.6 Å². The number of aryl methyl sites for hydroxylation is 2. The number of benzene rings is 2. The molecule has 0 saturated heterocycles. The fourth-order valence-corrected chi connectivity index (χ4v) is 3.58. The summed E-state index contributed by atoms with van der Waals surface area (Å²) in [6.45, 7) is 3.92. The van der Waals surface area contributed by atoms with Crippen LogP contribution >= 0.6 is 11.5 Å². The van der Waals surface area contributed by atoms with E-state index in [1.165, 1.54) is 23.9 Å². The number of hydrogen-bond acceptors (Lipinski definition) is 6. The van der Waals surface area contributed by atoms with E-state index in [1.54, 1.807) is 6.08 Å². The molecule has 0 aliphatic heterocycles. The largest absolute Gasteiger partial charge is 0.364 e. The number of rotatable bonds is 5. The summed E-state index contributed by atoms with van der Waals surface area (Å²) in [6, 6.07) is 15.7. The summed E-state index contributed by atoms with van der Waals surface area (Å²) in [5.41, 5.74) is 6.36. The van der Waals surface area contributed by atoms with Crippen molar-refractivity contribution in [3.63, 3.8) is 0 Å². The van der Waals surface area contributed by atoms with Gasteiger partial charge < -0.3 is 9.84 Å². The standard InChI is InChI=1S/C22H18N4O2S/c1-14-5-3-4-6-17(14)18-8-7-16(13-19(18)20-11-12-28-25-20)23-22(27)10-9-21-15(2)24-26-29-21/h3-13H,1-2H3,(H,23,27). The molecule has 0 aliphatic rings. The van der Waals surface area contributed by atoms with Gasteiger partial charge in [-0.3, -0.25) is 4.79 Å². The summed E-state index contributed by atoms with van der Waals surface area (Å²) >= 11 is 1.25. The quantitative estimate of drug-likeness (QED) is 0.468. The Bertz CT molecular complexity index is 1180. The van der Waals surface area contributed by atoms with Crippen LogP contribution < -0.4 is 5.32 Å². The van der Waals surface area contributed by atoms with Crippen LogP contribution in [0.1, 0.15) is 16.1 Å². The normalized spacial score (nSPS) is 11.1. The average molecular weight is 402 g/mol. The third-order valence-corrected chi connectivity index (χ3v) is 5.30. The molecule has 0 spiro atoms. The average Bonchev–Trinajstić information content (AvgIpc) is 3.39. The van der Waals surface area contributed by atoms with Crippen LogP contribution in [0.2, 0.25) is 0 Å². The molecule has 0 radical (unpaired) electrons. The van der Waals surface area contributed by atoms with Gasteiger partial charge in [-0.15, -0.1) is 5.10 Å². The minimum atomic E-state index is -0.229. The number of hydrogen-bond donors (Lipinski definition) is 1. The van der Waals surface area contributed by atoms with Gasteiger partial charge in [-0.25, -0.2) is 0 Å². The summed E-state index contributed by atoms with van der Waals surface area (Å²) in [4.78, 5) is 13.2. The molecule has 0 aliphatic carbocycles. The fourth-order valence-electron chi connectivity index (χ4n) is 3.02. The lowest BCUT2D eigenvalue weighted by atomic mass is 9.94.